The fraction of sp³-hybridized carbons (Fsp3) is 0. The molecule has 0 aliphatic heterocycles. The van der Waals surface area contributed by atoms with Crippen molar-refractivity contribution < 1.29 is 19.3 Å². The number of halogens is 1. The molecule has 11 heteroatoms. The molecule has 6 aromatic rings. The van der Waals surface area contributed by atoms with Gasteiger partial charge in [-0.05, 0) is 54.6 Å². The van der Waals surface area contributed by atoms with Gasteiger partial charge in [-0.2, -0.15) is 0 Å². The largest absolute Gasteiger partial charge is 0.505 e. The van der Waals surface area contributed by atoms with Crippen LogP contribution >= 0.6 is 11.6 Å². The Morgan fingerprint density at radius 3 is 1.71 bits per heavy atom. The predicted molar refractivity (Wildman–Crippen MR) is 138 cm³/mol. The number of fused-ring (bicyclic) bond motifs is 1. The maximum atomic E-state index is 10.7. The first kappa shape index (κ1) is 23.2. The van der Waals surface area contributed by atoms with Gasteiger partial charge in [0.25, 0.3) is 0 Å². The van der Waals surface area contributed by atoms with Crippen LogP contribution in [0.2, 0.25) is 5.02 Å². The van der Waals surface area contributed by atoms with E-state index in [-0.39, 0.29) is 29.5 Å². The Balaban J connectivity index is 1.29. The summed E-state index contributed by atoms with van der Waals surface area (Å²) in [4.78, 5) is 14.0. The van der Waals surface area contributed by atoms with E-state index < -0.39 is 0 Å². The molecule has 6 rings (SSSR count). The van der Waals surface area contributed by atoms with Crippen LogP contribution in [0.25, 0.3) is 16.7 Å². The zero-order chi connectivity index (χ0) is 25.9. The summed E-state index contributed by atoms with van der Waals surface area (Å²) in [5.41, 5.74) is 1.58. The summed E-state index contributed by atoms with van der Waals surface area (Å²) in [6.45, 7) is 0. The molecule has 0 spiro atoms. The minimum absolute atomic E-state index is 0.0286. The number of aromatic hydroxyl groups is 1. The highest BCUT2D eigenvalue weighted by Crippen LogP contribution is 2.31. The minimum Gasteiger partial charge on any atom is -0.505 e. The van der Waals surface area contributed by atoms with Crippen molar-refractivity contribution in [3.63, 3.8) is 0 Å². The SMILES string of the molecule is Oc1cc(Oc2nc(Oc3ccccc3)nc(Oc3ccccc3)n2)ccc1-n1nc2ccc(Cl)cc2n1. The highest BCUT2D eigenvalue weighted by Gasteiger charge is 2.15. The van der Waals surface area contributed by atoms with Crippen LogP contribution in [-0.4, -0.2) is 35.1 Å². The maximum Gasteiger partial charge on any atom is 0.331 e. The average molecular weight is 525 g/mol. The number of rotatable bonds is 7. The van der Waals surface area contributed by atoms with Gasteiger partial charge in [0.05, 0.1) is 0 Å². The van der Waals surface area contributed by atoms with E-state index in [4.69, 9.17) is 25.8 Å². The summed E-state index contributed by atoms with van der Waals surface area (Å²) in [6.07, 6.45) is 0. The van der Waals surface area contributed by atoms with Crippen LogP contribution in [0.3, 0.4) is 0 Å². The van der Waals surface area contributed by atoms with Crippen molar-refractivity contribution in [2.45, 2.75) is 0 Å². The molecule has 0 atom stereocenters. The van der Waals surface area contributed by atoms with Crippen molar-refractivity contribution in [2.24, 2.45) is 0 Å². The fourth-order valence-electron chi connectivity index (χ4n) is 3.48. The third kappa shape index (κ3) is 5.15. The first-order chi connectivity index (χ1) is 18.6. The minimum atomic E-state index is -0.121. The molecule has 0 bridgehead atoms. The summed E-state index contributed by atoms with van der Waals surface area (Å²) >= 11 is 6.04. The van der Waals surface area contributed by atoms with Crippen LogP contribution < -0.4 is 14.2 Å². The van der Waals surface area contributed by atoms with E-state index in [0.717, 1.165) is 0 Å². The molecule has 0 saturated heterocycles. The van der Waals surface area contributed by atoms with Gasteiger partial charge in [0, 0.05) is 11.1 Å². The van der Waals surface area contributed by atoms with Crippen LogP contribution in [0, 0.1) is 0 Å². The third-order valence-electron chi connectivity index (χ3n) is 5.19. The van der Waals surface area contributed by atoms with Crippen molar-refractivity contribution >= 4 is 22.6 Å². The van der Waals surface area contributed by atoms with Crippen molar-refractivity contribution in [3.05, 3.63) is 102 Å². The lowest BCUT2D eigenvalue weighted by atomic mass is 10.3. The van der Waals surface area contributed by atoms with Crippen molar-refractivity contribution in [1.29, 1.82) is 0 Å². The molecule has 1 N–H and O–H groups in total. The summed E-state index contributed by atoms with van der Waals surface area (Å²) in [5, 5.41) is 20.0. The number of phenolic OH excluding ortho intramolecular Hbond substituents is 1. The number of nitrogens with zero attached hydrogens (tertiary/aromatic N) is 6. The molecule has 2 heterocycles. The summed E-state index contributed by atoms with van der Waals surface area (Å²) in [5.74, 6) is 1.19. The molecule has 0 amide bonds. The molecule has 0 unspecified atom stereocenters. The van der Waals surface area contributed by atoms with Gasteiger partial charge in [0.1, 0.15) is 39.7 Å². The van der Waals surface area contributed by atoms with E-state index in [1.165, 1.54) is 10.9 Å². The van der Waals surface area contributed by atoms with E-state index in [0.29, 0.717) is 33.2 Å². The molecule has 0 saturated carbocycles. The Bertz CT molecular complexity index is 1670. The Kier molecular flexibility index (Phi) is 6.12. The lowest BCUT2D eigenvalue weighted by Crippen LogP contribution is -2.02. The Labute approximate surface area is 220 Å². The first-order valence-corrected chi connectivity index (χ1v) is 11.7. The van der Waals surface area contributed by atoms with Gasteiger partial charge in [-0.1, -0.05) is 48.0 Å². The standard InChI is InChI=1S/C27H17ClN6O4/c28-17-11-13-21-22(15-17)33-34(32-21)23-14-12-20(16-24(23)35)38-27-30-25(36-18-7-3-1-4-8-18)29-26(31-27)37-19-9-5-2-6-10-19/h1-16,35H. The Hall–Kier alpha value is -5.22. The van der Waals surface area contributed by atoms with Crippen molar-refractivity contribution in [2.75, 3.05) is 0 Å². The molecule has 38 heavy (non-hydrogen) atoms. The lowest BCUT2D eigenvalue weighted by molar-refractivity contribution is 0.361. The highest BCUT2D eigenvalue weighted by atomic mass is 35.5. The maximum absolute atomic E-state index is 10.7. The molecule has 4 aromatic carbocycles. The van der Waals surface area contributed by atoms with Crippen LogP contribution in [0.5, 0.6) is 41.0 Å². The van der Waals surface area contributed by atoms with Crippen LogP contribution in [0.15, 0.2) is 97.1 Å². The van der Waals surface area contributed by atoms with Crippen LogP contribution in [0.4, 0.5) is 0 Å². The lowest BCUT2D eigenvalue weighted by Gasteiger charge is -2.10. The highest BCUT2D eigenvalue weighted by molar-refractivity contribution is 6.31. The second-order valence-corrected chi connectivity index (χ2v) is 8.32. The molecule has 0 aliphatic carbocycles. The Morgan fingerprint density at radius 1 is 0.579 bits per heavy atom. The smallest absolute Gasteiger partial charge is 0.331 e. The van der Waals surface area contributed by atoms with Gasteiger partial charge in [0.15, 0.2) is 0 Å². The first-order valence-electron chi connectivity index (χ1n) is 11.3. The molecular weight excluding hydrogens is 508 g/mol. The van der Waals surface area contributed by atoms with E-state index >= 15 is 0 Å². The third-order valence-corrected chi connectivity index (χ3v) is 5.43. The van der Waals surface area contributed by atoms with E-state index in [1.54, 1.807) is 54.6 Å². The topological polar surface area (TPSA) is 117 Å². The number of hydrogen-bond acceptors (Lipinski definition) is 9. The number of para-hydroxylation sites is 2. The van der Waals surface area contributed by atoms with E-state index in [2.05, 4.69) is 25.1 Å². The van der Waals surface area contributed by atoms with Gasteiger partial charge in [-0.3, -0.25) is 0 Å². The Morgan fingerprint density at radius 2 is 1.13 bits per heavy atom. The van der Waals surface area contributed by atoms with Gasteiger partial charge >= 0.3 is 18.0 Å². The van der Waals surface area contributed by atoms with Gasteiger partial charge in [-0.15, -0.1) is 29.9 Å². The monoisotopic (exact) mass is 524 g/mol. The molecule has 10 nitrogen and oxygen atoms in total. The normalized spacial score (nSPS) is 10.9. The van der Waals surface area contributed by atoms with Crippen LogP contribution in [-0.2, 0) is 0 Å². The number of benzene rings is 4. The molecule has 2 aromatic heterocycles. The molecule has 0 aliphatic rings. The van der Waals surface area contributed by atoms with E-state index in [1.807, 2.05) is 36.4 Å². The van der Waals surface area contributed by atoms with Crippen molar-refractivity contribution in [1.82, 2.24) is 29.9 Å². The summed E-state index contributed by atoms with van der Waals surface area (Å²) in [6, 6.07) is 27.7. The molecule has 186 valence electrons. The number of phenols is 1. The molecule has 0 fully saturated rings. The quantitative estimate of drug-likeness (QED) is 0.255. The second-order valence-electron chi connectivity index (χ2n) is 7.89. The number of hydrogen-bond donors (Lipinski definition) is 1. The fourth-order valence-corrected chi connectivity index (χ4v) is 3.65. The molecular formula is C27H17ClN6O4. The predicted octanol–water partition coefficient (Wildman–Crippen LogP) is 6.34. The number of aromatic nitrogens is 6. The number of ether oxygens (including phenoxy) is 3. The van der Waals surface area contributed by atoms with E-state index in [9.17, 15) is 5.11 Å². The van der Waals surface area contributed by atoms with Gasteiger partial charge in [0.2, 0.25) is 0 Å². The summed E-state index contributed by atoms with van der Waals surface area (Å²) < 4.78 is 17.4. The second kappa shape index (κ2) is 10.0. The van der Waals surface area contributed by atoms with Gasteiger partial charge in [-0.25, -0.2) is 0 Å². The molecule has 0 radical (unpaired) electrons. The zero-order valence-electron chi connectivity index (χ0n) is 19.5. The zero-order valence-corrected chi connectivity index (χ0v) is 20.2. The van der Waals surface area contributed by atoms with Crippen LogP contribution in [0.1, 0.15) is 0 Å². The van der Waals surface area contributed by atoms with Gasteiger partial charge < -0.3 is 19.3 Å². The summed E-state index contributed by atoms with van der Waals surface area (Å²) in [7, 11) is 0. The van der Waals surface area contributed by atoms with Crippen molar-refractivity contribution in [3.8, 4) is 46.7 Å². The average Bonchev–Trinajstić information content (AvgIpc) is 3.33.